The molecule has 0 amide bonds. The van der Waals surface area contributed by atoms with Gasteiger partial charge in [0.1, 0.15) is 6.10 Å². The summed E-state index contributed by atoms with van der Waals surface area (Å²) in [5.74, 6) is 0.463. The number of esters is 1. The Morgan fingerprint density at radius 3 is 2.36 bits per heavy atom. The Bertz CT molecular complexity index is 1330. The Labute approximate surface area is 269 Å². The number of carbonyl (C=O) groups excluding carboxylic acids is 1. The van der Waals surface area contributed by atoms with E-state index in [1.54, 1.807) is 0 Å². The summed E-state index contributed by atoms with van der Waals surface area (Å²) in [6.45, 7) is 17.2. The summed E-state index contributed by atoms with van der Waals surface area (Å²) in [5.41, 5.74) is -1.17. The maximum atomic E-state index is 13.2. The van der Waals surface area contributed by atoms with Crippen molar-refractivity contribution in [2.45, 2.75) is 142 Å². The van der Waals surface area contributed by atoms with Crippen molar-refractivity contribution in [3.8, 4) is 0 Å². The van der Waals surface area contributed by atoms with Crippen LogP contribution in [0.4, 0.5) is 5.69 Å². The summed E-state index contributed by atoms with van der Waals surface area (Å²) >= 11 is 0. The number of allylic oxidation sites excluding steroid dienone is 2. The number of nitro groups is 1. The Balaban J connectivity index is 1.36. The van der Waals surface area contributed by atoms with Gasteiger partial charge in [0.25, 0.3) is 5.69 Å². The molecule has 45 heavy (non-hydrogen) atoms. The largest absolute Gasteiger partial charge is 0.456 e. The molecule has 2 saturated carbocycles. The zero-order valence-corrected chi connectivity index (χ0v) is 28.6. The average molecular weight is 626 g/mol. The van der Waals surface area contributed by atoms with E-state index in [1.165, 1.54) is 29.8 Å². The van der Waals surface area contributed by atoms with Crippen molar-refractivity contribution >= 4 is 11.7 Å². The Morgan fingerprint density at radius 2 is 1.67 bits per heavy atom. The Kier molecular flexibility index (Phi) is 8.89. The first kappa shape index (κ1) is 34.1. The minimum atomic E-state index is -0.857. The highest BCUT2D eigenvalue weighted by Gasteiger charge is 2.58. The van der Waals surface area contributed by atoms with Gasteiger partial charge in [-0.15, -0.1) is 0 Å². The first-order valence-electron chi connectivity index (χ1n) is 17.0. The maximum absolute atomic E-state index is 13.2. The van der Waals surface area contributed by atoms with Gasteiger partial charge >= 0.3 is 5.97 Å². The van der Waals surface area contributed by atoms with E-state index in [9.17, 15) is 25.1 Å². The van der Waals surface area contributed by atoms with Gasteiger partial charge in [0.2, 0.25) is 0 Å². The number of hydrogen-bond acceptors (Lipinski definition) is 7. The molecule has 0 bridgehead atoms. The zero-order valence-electron chi connectivity index (χ0n) is 28.6. The van der Waals surface area contributed by atoms with Crippen molar-refractivity contribution in [3.05, 3.63) is 51.6 Å². The van der Waals surface area contributed by atoms with Crippen LogP contribution in [0.1, 0.15) is 124 Å². The summed E-state index contributed by atoms with van der Waals surface area (Å²) in [5, 5.41) is 34.4. The van der Waals surface area contributed by atoms with Crippen molar-refractivity contribution in [1.29, 1.82) is 0 Å². The van der Waals surface area contributed by atoms with Crippen molar-refractivity contribution in [2.24, 2.45) is 34.5 Å². The lowest BCUT2D eigenvalue weighted by Crippen LogP contribution is -2.56. The topological polar surface area (TPSA) is 119 Å². The van der Waals surface area contributed by atoms with Crippen molar-refractivity contribution < 1.29 is 29.4 Å². The number of non-ortho nitro benzene ring substituents is 1. The van der Waals surface area contributed by atoms with Crippen molar-refractivity contribution in [3.63, 3.8) is 0 Å². The molecule has 2 N–H and O–H groups in total. The molecule has 1 aliphatic heterocycles. The van der Waals surface area contributed by atoms with E-state index in [-0.39, 0.29) is 40.0 Å². The van der Waals surface area contributed by atoms with E-state index >= 15 is 0 Å². The molecule has 5 rings (SSSR count). The van der Waals surface area contributed by atoms with E-state index in [2.05, 4.69) is 33.8 Å². The SMILES string of the molecule is CC1=CC[C@H]2[C@H](CC[C@]2(C)O)C(C)(C)[C@@H]1CC[C@H]1[C@]2(C)CC[C@H](OC(=O)c3cccc([N+](=O)[O-])c3)C(C)(C)O[C@H]2CC[C@@]1(C)O. The molecular formula is C37H55NO7. The van der Waals surface area contributed by atoms with Crippen LogP contribution >= 0.6 is 0 Å². The fourth-order valence-corrected chi connectivity index (χ4v) is 10.2. The maximum Gasteiger partial charge on any atom is 0.338 e. The van der Waals surface area contributed by atoms with Crippen LogP contribution in [0.25, 0.3) is 0 Å². The van der Waals surface area contributed by atoms with E-state index in [0.717, 1.165) is 44.9 Å². The number of ether oxygens (including phenoxy) is 2. The summed E-state index contributed by atoms with van der Waals surface area (Å²) in [6.07, 6.45) is 9.01. The molecule has 250 valence electrons. The molecule has 4 aliphatic rings. The zero-order chi connectivity index (χ0) is 33.2. The second-order valence-corrected chi connectivity index (χ2v) is 16.6. The molecule has 9 atom stereocenters. The number of fused-ring (bicyclic) bond motifs is 2. The lowest BCUT2D eigenvalue weighted by molar-refractivity contribution is -0.384. The number of carbonyl (C=O) groups is 1. The normalized spacial score (nSPS) is 40.7. The lowest BCUT2D eigenvalue weighted by Gasteiger charge is -2.54. The molecule has 1 aromatic rings. The molecule has 0 radical (unpaired) electrons. The van der Waals surface area contributed by atoms with Crippen LogP contribution in [0.2, 0.25) is 0 Å². The number of nitro benzene ring substituents is 1. The molecule has 3 fully saturated rings. The molecule has 8 nitrogen and oxygen atoms in total. The third kappa shape index (κ3) is 6.23. The number of nitrogens with zero attached hydrogens (tertiary/aromatic N) is 1. The van der Waals surface area contributed by atoms with Gasteiger partial charge in [-0.1, -0.05) is 38.5 Å². The third-order valence-corrected chi connectivity index (χ3v) is 13.0. The van der Waals surface area contributed by atoms with Gasteiger partial charge in [0, 0.05) is 12.1 Å². The van der Waals surface area contributed by atoms with E-state index in [4.69, 9.17) is 9.47 Å². The van der Waals surface area contributed by atoms with Crippen LogP contribution in [0.5, 0.6) is 0 Å². The summed E-state index contributed by atoms with van der Waals surface area (Å²) in [7, 11) is 0. The van der Waals surface area contributed by atoms with E-state index < -0.39 is 33.8 Å². The second-order valence-electron chi connectivity index (χ2n) is 16.6. The summed E-state index contributed by atoms with van der Waals surface area (Å²) in [6, 6.07) is 5.64. The molecule has 1 heterocycles. The first-order valence-corrected chi connectivity index (χ1v) is 17.0. The van der Waals surface area contributed by atoms with Crippen LogP contribution in [0, 0.1) is 44.6 Å². The van der Waals surface area contributed by atoms with Crippen LogP contribution < -0.4 is 0 Å². The Hall–Kier alpha value is -2.29. The molecule has 8 heteroatoms. The van der Waals surface area contributed by atoms with Crippen molar-refractivity contribution in [1.82, 2.24) is 0 Å². The summed E-state index contributed by atoms with van der Waals surface area (Å²) < 4.78 is 12.9. The van der Waals surface area contributed by atoms with Gasteiger partial charge in [-0.05, 0) is 133 Å². The molecule has 0 spiro atoms. The van der Waals surface area contributed by atoms with E-state index in [1.807, 2.05) is 27.7 Å². The Morgan fingerprint density at radius 1 is 0.978 bits per heavy atom. The molecule has 3 aliphatic carbocycles. The number of aliphatic hydroxyl groups is 2. The molecule has 1 saturated heterocycles. The van der Waals surface area contributed by atoms with Crippen LogP contribution in [0.3, 0.4) is 0 Å². The van der Waals surface area contributed by atoms with Gasteiger partial charge in [-0.2, -0.15) is 0 Å². The van der Waals surface area contributed by atoms with Gasteiger partial charge in [-0.3, -0.25) is 10.1 Å². The highest BCUT2D eigenvalue weighted by atomic mass is 16.6. The smallest absolute Gasteiger partial charge is 0.338 e. The number of rotatable bonds is 6. The second kappa shape index (κ2) is 11.7. The van der Waals surface area contributed by atoms with Gasteiger partial charge in [0.05, 0.1) is 33.4 Å². The van der Waals surface area contributed by atoms with Gasteiger partial charge in [0.15, 0.2) is 0 Å². The molecular weight excluding hydrogens is 570 g/mol. The van der Waals surface area contributed by atoms with Gasteiger partial charge < -0.3 is 19.7 Å². The number of benzene rings is 1. The highest BCUT2D eigenvalue weighted by Crippen LogP contribution is 2.59. The minimum Gasteiger partial charge on any atom is -0.456 e. The fourth-order valence-electron chi connectivity index (χ4n) is 10.2. The first-order chi connectivity index (χ1) is 20.8. The highest BCUT2D eigenvalue weighted by molar-refractivity contribution is 5.90. The predicted molar refractivity (Wildman–Crippen MR) is 174 cm³/mol. The van der Waals surface area contributed by atoms with Crippen molar-refractivity contribution in [2.75, 3.05) is 0 Å². The standard InChI is InChI=1S/C37H55NO7/c1-23-12-13-28-27(16-20-36(28,7)40)33(2,3)26(23)14-15-29-35(6)19-17-30(34(4,5)45-31(35)18-21-37(29,8)41)44-32(39)24-10-9-11-25(22-24)38(42)43/h9-12,22,26-31,40-41H,13-21H2,1-8H3/t26-,27+,28+,29+,30+,31+,35+,36+,37-/m1/s1. The number of hydrogen-bond donors (Lipinski definition) is 2. The molecule has 0 aromatic heterocycles. The predicted octanol–water partition coefficient (Wildman–Crippen LogP) is 7.79. The summed E-state index contributed by atoms with van der Waals surface area (Å²) in [4.78, 5) is 24.0. The van der Waals surface area contributed by atoms with Gasteiger partial charge in [-0.25, -0.2) is 4.79 Å². The lowest BCUT2D eigenvalue weighted by atomic mass is 9.55. The minimum absolute atomic E-state index is 0.0138. The molecule has 0 unspecified atom stereocenters. The van der Waals surface area contributed by atoms with Crippen LogP contribution in [-0.2, 0) is 9.47 Å². The van der Waals surface area contributed by atoms with Crippen LogP contribution in [-0.4, -0.2) is 50.1 Å². The van der Waals surface area contributed by atoms with E-state index in [0.29, 0.717) is 24.7 Å². The quantitative estimate of drug-likeness (QED) is 0.143. The fraction of sp³-hybridized carbons (Fsp3) is 0.757. The van der Waals surface area contributed by atoms with Crippen LogP contribution in [0.15, 0.2) is 35.9 Å². The molecule has 1 aromatic carbocycles. The monoisotopic (exact) mass is 625 g/mol. The third-order valence-electron chi connectivity index (χ3n) is 13.0. The average Bonchev–Trinajstić information content (AvgIpc) is 3.16.